The van der Waals surface area contributed by atoms with E-state index in [0.29, 0.717) is 37.3 Å². The van der Waals surface area contributed by atoms with Crippen molar-refractivity contribution in [2.45, 2.75) is 58.8 Å². The van der Waals surface area contributed by atoms with Crippen LogP contribution in [0.3, 0.4) is 0 Å². The van der Waals surface area contributed by atoms with Gasteiger partial charge in [-0.1, -0.05) is 35.1 Å². The van der Waals surface area contributed by atoms with Crippen LogP contribution >= 0.6 is 0 Å². The number of amidine groups is 1. The number of nitrogens with zero attached hydrogens (tertiary/aromatic N) is 7. The highest BCUT2D eigenvalue weighted by Gasteiger charge is 2.31. The Morgan fingerprint density at radius 1 is 0.833 bits per heavy atom. The molecule has 0 saturated carbocycles. The standard InChI is InChI=1S/C15H22N6O2S.C15H19N5O2S.CH4/c1-4-18-14(21-10-15(2,3)9-19-21)20-24(22,23)12-7-5-11(6-8-12)13(16)17;1-4-17-14(20-11-15(2,3)10-18-20)19-23(21,22)13-7-5-12(9-16)6-8-13;/h5-9H,4,10H2,1-3H3,(H3,16,17)(H,18,20);5-8,10H,4,11H2,1-3H3,(H,17,19);1H4. The smallest absolute Gasteiger partial charge is 0.264 e. The zero-order valence-electron chi connectivity index (χ0n) is 27.3. The fraction of sp³-hybridized carbons (Fsp3) is 0.419. The predicted molar refractivity (Wildman–Crippen MR) is 190 cm³/mol. The van der Waals surface area contributed by atoms with Crippen LogP contribution in [0.25, 0.3) is 0 Å². The van der Waals surface area contributed by atoms with E-state index >= 15 is 0 Å². The highest BCUT2D eigenvalue weighted by Crippen LogP contribution is 2.22. The van der Waals surface area contributed by atoms with Crippen molar-refractivity contribution in [2.24, 2.45) is 36.8 Å². The molecule has 0 amide bonds. The van der Waals surface area contributed by atoms with E-state index in [2.05, 4.69) is 29.6 Å². The van der Waals surface area contributed by atoms with Crippen LogP contribution in [0.5, 0.6) is 0 Å². The molecule has 0 aromatic heterocycles. The molecule has 2 aromatic rings. The van der Waals surface area contributed by atoms with Crippen LogP contribution in [0.15, 0.2) is 78.5 Å². The van der Waals surface area contributed by atoms with Gasteiger partial charge in [-0.3, -0.25) is 15.4 Å². The first kappa shape index (κ1) is 39.4. The minimum absolute atomic E-state index is 0. The van der Waals surface area contributed by atoms with E-state index in [1.54, 1.807) is 22.4 Å². The van der Waals surface area contributed by atoms with Gasteiger partial charge in [0.1, 0.15) is 5.84 Å². The van der Waals surface area contributed by atoms with E-state index in [-0.39, 0.29) is 45.8 Å². The number of nitrogen functional groups attached to an aromatic ring is 1. The molecule has 15 nitrogen and oxygen atoms in total. The van der Waals surface area contributed by atoms with E-state index in [4.69, 9.17) is 16.4 Å². The summed E-state index contributed by atoms with van der Waals surface area (Å²) in [7, 11) is -7.59. The van der Waals surface area contributed by atoms with Crippen LogP contribution in [0.2, 0.25) is 0 Å². The topological polar surface area (TPSA) is 222 Å². The monoisotopic (exact) mass is 699 g/mol. The van der Waals surface area contributed by atoms with E-state index in [9.17, 15) is 16.8 Å². The molecule has 5 N–H and O–H groups in total. The highest BCUT2D eigenvalue weighted by atomic mass is 32.2. The van der Waals surface area contributed by atoms with Gasteiger partial charge in [0, 0.05) is 41.9 Å². The molecular weight excluding hydrogens is 655 g/mol. The molecule has 2 aromatic carbocycles. The van der Waals surface area contributed by atoms with Gasteiger partial charge in [-0.05, 0) is 62.4 Å². The van der Waals surface area contributed by atoms with Gasteiger partial charge < -0.3 is 5.73 Å². The number of aliphatic imine (C=N–C) groups is 2. The second kappa shape index (κ2) is 15.8. The molecule has 2 aliphatic rings. The van der Waals surface area contributed by atoms with Crippen LogP contribution in [0.1, 0.15) is 60.1 Å². The normalized spacial score (nSPS) is 16.8. The van der Waals surface area contributed by atoms with E-state index in [1.165, 1.54) is 48.5 Å². The third-order valence-corrected chi connectivity index (χ3v) is 9.22. The maximum atomic E-state index is 12.6. The summed E-state index contributed by atoms with van der Waals surface area (Å²) in [6, 6.07) is 13.4. The van der Waals surface area contributed by atoms with Gasteiger partial charge in [0.25, 0.3) is 20.0 Å². The second-order valence-corrected chi connectivity index (χ2v) is 15.3. The number of hydrogen-bond acceptors (Lipinski definition) is 10. The van der Waals surface area contributed by atoms with Crippen LogP contribution in [-0.4, -0.2) is 83.2 Å². The first-order chi connectivity index (χ1) is 21.9. The summed E-state index contributed by atoms with van der Waals surface area (Å²) in [6.07, 6.45) is 3.54. The fourth-order valence-electron chi connectivity index (χ4n) is 4.16. The van der Waals surface area contributed by atoms with Gasteiger partial charge in [0.2, 0.25) is 11.9 Å². The number of rotatable bonds is 7. The number of nitrogens with one attached hydrogen (secondary N) is 3. The zero-order chi connectivity index (χ0) is 35.0. The van der Waals surface area contributed by atoms with Crippen molar-refractivity contribution in [1.29, 1.82) is 10.7 Å². The molecule has 17 heteroatoms. The van der Waals surface area contributed by atoms with Crippen molar-refractivity contribution in [3.8, 4) is 6.07 Å². The van der Waals surface area contributed by atoms with Gasteiger partial charge >= 0.3 is 0 Å². The summed E-state index contributed by atoms with van der Waals surface area (Å²) in [5.41, 5.74) is 5.94. The fourth-order valence-corrected chi connectivity index (χ4v) is 6.20. The maximum Gasteiger partial charge on any atom is 0.264 e. The van der Waals surface area contributed by atoms with Crippen LogP contribution in [0.4, 0.5) is 0 Å². The summed E-state index contributed by atoms with van der Waals surface area (Å²) in [6.45, 7) is 13.6. The summed E-state index contributed by atoms with van der Waals surface area (Å²) in [4.78, 5) is 8.56. The number of sulfonamides is 2. The van der Waals surface area contributed by atoms with Gasteiger partial charge in [-0.2, -0.15) is 15.5 Å². The Bertz CT molecular complexity index is 1830. The molecule has 0 aliphatic carbocycles. The Kier molecular flexibility index (Phi) is 13.0. The zero-order valence-corrected chi connectivity index (χ0v) is 28.9. The van der Waals surface area contributed by atoms with Gasteiger partial charge in [-0.15, -0.1) is 0 Å². The van der Waals surface area contributed by atoms with Gasteiger partial charge in [0.05, 0.1) is 34.5 Å². The molecule has 4 rings (SSSR count). The minimum Gasteiger partial charge on any atom is -0.384 e. The van der Waals surface area contributed by atoms with Crippen molar-refractivity contribution in [3.63, 3.8) is 0 Å². The van der Waals surface area contributed by atoms with Crippen molar-refractivity contribution < 1.29 is 16.8 Å². The first-order valence-electron chi connectivity index (χ1n) is 14.7. The molecule has 0 unspecified atom stereocenters. The average Bonchev–Trinajstić information content (AvgIpc) is 3.57. The van der Waals surface area contributed by atoms with Crippen molar-refractivity contribution >= 4 is 50.2 Å². The Hall–Kier alpha value is -4.82. The van der Waals surface area contributed by atoms with E-state index < -0.39 is 20.0 Å². The molecule has 0 bridgehead atoms. The number of nitrogens with two attached hydrogens (primary N) is 1. The molecular formula is C31H45N11O4S2. The van der Waals surface area contributed by atoms with Gasteiger partial charge in [0.15, 0.2) is 0 Å². The lowest BCUT2D eigenvalue weighted by Crippen LogP contribution is -2.42. The Morgan fingerprint density at radius 3 is 1.50 bits per heavy atom. The summed E-state index contributed by atoms with van der Waals surface area (Å²) < 4.78 is 55.1. The molecule has 0 atom stereocenters. The molecule has 48 heavy (non-hydrogen) atoms. The minimum atomic E-state index is -3.81. The number of hydrogen-bond donors (Lipinski definition) is 4. The SMILES string of the molecule is C.CCN=C(NS(=O)(=O)c1ccc(C#N)cc1)N1CC(C)(C)C=N1.CCN=C(NS(=O)(=O)c1ccc(C(=N)N)cc1)N1CC(C)(C)C=N1. The van der Waals surface area contributed by atoms with Crippen LogP contribution in [0, 0.1) is 27.6 Å². The number of benzene rings is 2. The molecule has 260 valence electrons. The highest BCUT2D eigenvalue weighted by molar-refractivity contribution is 7.90. The molecule has 0 radical (unpaired) electrons. The maximum absolute atomic E-state index is 12.6. The largest absolute Gasteiger partial charge is 0.384 e. The molecule has 0 saturated heterocycles. The van der Waals surface area contributed by atoms with Crippen LogP contribution < -0.4 is 15.2 Å². The summed E-state index contributed by atoms with van der Waals surface area (Å²) >= 11 is 0. The lowest BCUT2D eigenvalue weighted by molar-refractivity contribution is 0.379. The quantitative estimate of drug-likeness (QED) is 0.248. The number of nitriles is 1. The molecule has 2 heterocycles. The lowest BCUT2D eigenvalue weighted by Gasteiger charge is -2.21. The van der Waals surface area contributed by atoms with Gasteiger partial charge in [-0.25, -0.2) is 36.3 Å². The molecule has 0 fully saturated rings. The third kappa shape index (κ3) is 10.6. The van der Waals surface area contributed by atoms with E-state index in [1.807, 2.05) is 47.6 Å². The average molecular weight is 700 g/mol. The van der Waals surface area contributed by atoms with Crippen molar-refractivity contribution in [3.05, 3.63) is 59.7 Å². The summed E-state index contributed by atoms with van der Waals surface area (Å²) in [5.74, 6) is 0.266. The third-order valence-electron chi connectivity index (χ3n) is 6.53. The first-order valence-corrected chi connectivity index (χ1v) is 17.6. The molecule has 2 aliphatic heterocycles. The van der Waals surface area contributed by atoms with E-state index in [0.717, 1.165) is 0 Å². The Labute approximate surface area is 284 Å². The van der Waals surface area contributed by atoms with Crippen molar-refractivity contribution in [2.75, 3.05) is 26.2 Å². The predicted octanol–water partition coefficient (Wildman–Crippen LogP) is 3.13. The lowest BCUT2D eigenvalue weighted by atomic mass is 9.97. The van der Waals surface area contributed by atoms with Crippen molar-refractivity contribution in [1.82, 2.24) is 19.5 Å². The van der Waals surface area contributed by atoms with Crippen LogP contribution in [-0.2, 0) is 20.0 Å². The number of guanidine groups is 2. The molecule has 0 spiro atoms. The number of hydrazone groups is 2. The Balaban J connectivity index is 0.000000327. The second-order valence-electron chi connectivity index (χ2n) is 12.0. The summed E-state index contributed by atoms with van der Waals surface area (Å²) in [5, 5.41) is 27.7. The Morgan fingerprint density at radius 2 is 1.21 bits per heavy atom.